The van der Waals surface area contributed by atoms with E-state index in [-0.39, 0.29) is 6.04 Å². The first kappa shape index (κ1) is 13.7. The molecule has 1 aliphatic heterocycles. The van der Waals surface area contributed by atoms with Crippen molar-refractivity contribution in [1.82, 2.24) is 5.32 Å². The summed E-state index contributed by atoms with van der Waals surface area (Å²) in [4.78, 5) is 1.07. The number of halogens is 1. The first-order chi connectivity index (χ1) is 8.59. The summed E-state index contributed by atoms with van der Waals surface area (Å²) in [5.74, 6) is 0. The molecule has 0 fully saturated rings. The minimum absolute atomic E-state index is 0.248. The normalized spacial score (nSPS) is 21.3. The first-order valence-corrected chi connectivity index (χ1v) is 6.98. The average molecular weight is 280 g/mol. The fourth-order valence-corrected chi connectivity index (χ4v) is 2.47. The Balaban J connectivity index is 2.36. The van der Waals surface area contributed by atoms with Crippen molar-refractivity contribution in [3.63, 3.8) is 0 Å². The topological polar surface area (TPSA) is 12.0 Å². The molecule has 1 aliphatic rings. The van der Waals surface area contributed by atoms with Gasteiger partial charge in [0.25, 0.3) is 0 Å². The Morgan fingerprint density at radius 1 is 1.28 bits per heavy atom. The molecule has 0 bridgehead atoms. The summed E-state index contributed by atoms with van der Waals surface area (Å²) in [7, 11) is 0. The van der Waals surface area contributed by atoms with Gasteiger partial charge in [0.05, 0.1) is 6.04 Å². The van der Waals surface area contributed by atoms with Gasteiger partial charge in [-0.05, 0) is 60.6 Å². The number of benzene rings is 1. The molecule has 3 heteroatoms. The van der Waals surface area contributed by atoms with E-state index in [4.69, 9.17) is 11.6 Å². The van der Waals surface area contributed by atoms with Crippen molar-refractivity contribution in [2.45, 2.75) is 26.3 Å². The van der Waals surface area contributed by atoms with E-state index in [1.54, 1.807) is 0 Å². The summed E-state index contributed by atoms with van der Waals surface area (Å²) in [5.41, 5.74) is 3.83. The lowest BCUT2D eigenvalue weighted by Crippen LogP contribution is -2.28. The standard InChI is InChI=1S/C15H18ClNS/c1-10(11(2)18)14-4-3-9-17-15(14)12-5-7-13(16)8-6-12/h4-8,15,17-18H,3,9H2,1-2H3/b11-10-. The summed E-state index contributed by atoms with van der Waals surface area (Å²) >= 11 is 10.4. The lowest BCUT2D eigenvalue weighted by Gasteiger charge is -2.27. The van der Waals surface area contributed by atoms with Crippen LogP contribution in [-0.4, -0.2) is 6.54 Å². The van der Waals surface area contributed by atoms with Crippen molar-refractivity contribution in [3.8, 4) is 0 Å². The summed E-state index contributed by atoms with van der Waals surface area (Å²) in [6.45, 7) is 5.17. The molecule has 0 saturated carbocycles. The molecule has 0 amide bonds. The van der Waals surface area contributed by atoms with Crippen LogP contribution in [0.4, 0.5) is 0 Å². The molecule has 0 saturated heterocycles. The smallest absolute Gasteiger partial charge is 0.0576 e. The van der Waals surface area contributed by atoms with Crippen molar-refractivity contribution >= 4 is 24.2 Å². The molecule has 0 aliphatic carbocycles. The monoisotopic (exact) mass is 279 g/mol. The highest BCUT2D eigenvalue weighted by Crippen LogP contribution is 2.32. The lowest BCUT2D eigenvalue weighted by molar-refractivity contribution is 0.576. The third-order valence-electron chi connectivity index (χ3n) is 3.35. The highest BCUT2D eigenvalue weighted by Gasteiger charge is 2.20. The predicted molar refractivity (Wildman–Crippen MR) is 82.3 cm³/mol. The minimum Gasteiger partial charge on any atom is -0.306 e. The third kappa shape index (κ3) is 3.00. The molecule has 96 valence electrons. The summed E-state index contributed by atoms with van der Waals surface area (Å²) in [6, 6.07) is 8.30. The largest absolute Gasteiger partial charge is 0.306 e. The molecule has 1 nitrogen and oxygen atoms in total. The van der Waals surface area contributed by atoms with E-state index < -0.39 is 0 Å². The van der Waals surface area contributed by atoms with Crippen molar-refractivity contribution in [1.29, 1.82) is 0 Å². The third-order valence-corrected chi connectivity index (χ3v) is 3.93. The van der Waals surface area contributed by atoms with Crippen LogP contribution >= 0.6 is 24.2 Å². The van der Waals surface area contributed by atoms with Gasteiger partial charge in [0, 0.05) is 5.02 Å². The minimum atomic E-state index is 0.248. The van der Waals surface area contributed by atoms with Gasteiger partial charge in [-0.1, -0.05) is 29.8 Å². The second-order valence-electron chi connectivity index (χ2n) is 4.60. The maximum atomic E-state index is 5.94. The highest BCUT2D eigenvalue weighted by molar-refractivity contribution is 7.84. The molecular weight excluding hydrogens is 262 g/mol. The predicted octanol–water partition coefficient (Wildman–Crippen LogP) is 4.52. The van der Waals surface area contributed by atoms with Gasteiger partial charge in [-0.2, -0.15) is 0 Å². The fraction of sp³-hybridized carbons (Fsp3) is 0.333. The van der Waals surface area contributed by atoms with Crippen LogP contribution in [-0.2, 0) is 0 Å². The molecule has 1 aromatic rings. The summed E-state index contributed by atoms with van der Waals surface area (Å²) in [5, 5.41) is 4.34. The maximum Gasteiger partial charge on any atom is 0.0576 e. The molecule has 1 heterocycles. The molecule has 18 heavy (non-hydrogen) atoms. The summed E-state index contributed by atoms with van der Waals surface area (Å²) in [6.07, 6.45) is 3.38. The van der Waals surface area contributed by atoms with Crippen LogP contribution in [0.15, 0.2) is 46.4 Å². The second-order valence-corrected chi connectivity index (χ2v) is 5.70. The molecule has 1 aromatic carbocycles. The van der Waals surface area contributed by atoms with Crippen LogP contribution in [0.1, 0.15) is 31.9 Å². The Labute approximate surface area is 119 Å². The Morgan fingerprint density at radius 2 is 1.94 bits per heavy atom. The lowest BCUT2D eigenvalue weighted by atomic mass is 9.90. The van der Waals surface area contributed by atoms with Gasteiger partial charge in [-0.25, -0.2) is 0 Å². The number of hydrogen-bond acceptors (Lipinski definition) is 2. The van der Waals surface area contributed by atoms with Gasteiger partial charge in [-0.15, -0.1) is 12.6 Å². The van der Waals surface area contributed by atoms with Crippen molar-refractivity contribution < 1.29 is 0 Å². The number of allylic oxidation sites excluding steroid dienone is 1. The van der Waals surface area contributed by atoms with Crippen LogP contribution < -0.4 is 5.32 Å². The van der Waals surface area contributed by atoms with Gasteiger partial charge in [-0.3, -0.25) is 0 Å². The fourth-order valence-electron chi connectivity index (χ4n) is 2.21. The maximum absolute atomic E-state index is 5.94. The Bertz CT molecular complexity index is 484. The molecule has 1 unspecified atom stereocenters. The number of hydrogen-bond donors (Lipinski definition) is 2. The SMILES string of the molecule is C/C(S)=C(\C)C1=CCCNC1c1ccc(Cl)cc1. The van der Waals surface area contributed by atoms with Crippen LogP contribution in [0.25, 0.3) is 0 Å². The van der Waals surface area contributed by atoms with Crippen molar-refractivity contribution in [3.05, 3.63) is 57.0 Å². The zero-order valence-corrected chi connectivity index (χ0v) is 12.4. The molecule has 0 aromatic heterocycles. The van der Waals surface area contributed by atoms with E-state index >= 15 is 0 Å². The number of rotatable bonds is 2. The Hall–Kier alpha value is -0.700. The average Bonchev–Trinajstić information content (AvgIpc) is 2.39. The van der Waals surface area contributed by atoms with E-state index in [1.807, 2.05) is 19.1 Å². The van der Waals surface area contributed by atoms with E-state index in [2.05, 4.69) is 43.1 Å². The molecular formula is C15H18ClNS. The quantitative estimate of drug-likeness (QED) is 0.758. The molecule has 2 rings (SSSR count). The number of nitrogens with one attached hydrogen (secondary N) is 1. The number of thiol groups is 1. The van der Waals surface area contributed by atoms with E-state index in [9.17, 15) is 0 Å². The second kappa shape index (κ2) is 5.96. The Morgan fingerprint density at radius 3 is 2.56 bits per heavy atom. The van der Waals surface area contributed by atoms with Gasteiger partial charge in [0.15, 0.2) is 0 Å². The van der Waals surface area contributed by atoms with Crippen LogP contribution in [0.5, 0.6) is 0 Å². The zero-order valence-electron chi connectivity index (χ0n) is 10.7. The van der Waals surface area contributed by atoms with Gasteiger partial charge < -0.3 is 5.32 Å². The zero-order chi connectivity index (χ0) is 13.1. The van der Waals surface area contributed by atoms with Crippen molar-refractivity contribution in [2.75, 3.05) is 6.54 Å². The van der Waals surface area contributed by atoms with E-state index in [0.717, 1.165) is 22.9 Å². The van der Waals surface area contributed by atoms with E-state index in [0.29, 0.717) is 0 Å². The molecule has 0 spiro atoms. The molecule has 0 radical (unpaired) electrons. The first-order valence-electron chi connectivity index (χ1n) is 6.15. The van der Waals surface area contributed by atoms with E-state index in [1.165, 1.54) is 16.7 Å². The van der Waals surface area contributed by atoms with Gasteiger partial charge >= 0.3 is 0 Å². The Kier molecular flexibility index (Phi) is 4.55. The van der Waals surface area contributed by atoms with Gasteiger partial charge in [0.2, 0.25) is 0 Å². The van der Waals surface area contributed by atoms with Crippen LogP contribution in [0.3, 0.4) is 0 Å². The molecule has 1 atom stereocenters. The van der Waals surface area contributed by atoms with Crippen LogP contribution in [0.2, 0.25) is 5.02 Å². The summed E-state index contributed by atoms with van der Waals surface area (Å²) < 4.78 is 0. The highest BCUT2D eigenvalue weighted by atomic mass is 35.5. The molecule has 1 N–H and O–H groups in total. The van der Waals surface area contributed by atoms with Crippen LogP contribution in [0, 0.1) is 0 Å². The van der Waals surface area contributed by atoms with Gasteiger partial charge in [0.1, 0.15) is 0 Å². The van der Waals surface area contributed by atoms with Crippen molar-refractivity contribution in [2.24, 2.45) is 0 Å².